The molecule has 0 N–H and O–H groups in total. The van der Waals surface area contributed by atoms with Crippen molar-refractivity contribution in [1.29, 1.82) is 0 Å². The van der Waals surface area contributed by atoms with Crippen LogP contribution in [0.4, 0.5) is 0 Å². The highest BCUT2D eigenvalue weighted by molar-refractivity contribution is 6.31. The standard InChI is InChI=1S/C50H29N3O2.C44H25N3O2/c1-3-13-30(14-4-1)31-23-25-33(26-24-31)46-49-47(37-20-10-12-22-42(37)54-49)52-50(51-46)53-40-21-11-9-19-36(40)45-41(53)28-27-38-44-35-18-8-7-17-34(35)39(29-43(44)55-48(38)45)32-15-5-2-6-16-32;1-3-13-26(14-4-1)33-25-37-38(29-18-8-7-17-28(29)33)32-23-24-35-39(42(32)49-37)30-19-9-11-21-34(30)47(35)44-45-40(27-15-5-2-6-16-27)43-41(46-44)31-20-10-12-22-36(31)48-43/h1-29H;1-25H. The number of hydrogen-bond donors (Lipinski definition) is 0. The molecular formula is C94H54N6O4. The van der Waals surface area contributed by atoms with Gasteiger partial charge in [0, 0.05) is 54.2 Å². The normalized spacial score (nSPS) is 12.0. The fraction of sp³-hybridized carbons (Fsp3) is 0. The lowest BCUT2D eigenvalue weighted by atomic mass is 9.95. The molecule has 0 saturated carbocycles. The maximum Gasteiger partial charge on any atom is 0.236 e. The van der Waals surface area contributed by atoms with Gasteiger partial charge in [-0.05, 0) is 128 Å². The fourth-order valence-corrected chi connectivity index (χ4v) is 16.2. The maximum atomic E-state index is 6.98. The van der Waals surface area contributed by atoms with Gasteiger partial charge in [-0.1, -0.05) is 255 Å². The van der Waals surface area contributed by atoms with Crippen LogP contribution in [0.25, 0.3) is 221 Å². The minimum absolute atomic E-state index is 0.569. The molecule has 104 heavy (non-hydrogen) atoms. The first-order valence-corrected chi connectivity index (χ1v) is 34.9. The quantitative estimate of drug-likeness (QED) is 0.155. The largest absolute Gasteiger partial charge is 0.455 e. The van der Waals surface area contributed by atoms with E-state index in [4.69, 9.17) is 37.6 Å². The third-order valence-electron chi connectivity index (χ3n) is 20.9. The van der Waals surface area contributed by atoms with Crippen LogP contribution < -0.4 is 0 Å². The van der Waals surface area contributed by atoms with Gasteiger partial charge in [-0.2, -0.15) is 0 Å². The molecule has 0 aliphatic rings. The summed E-state index contributed by atoms with van der Waals surface area (Å²) in [4.78, 5) is 21.1. The maximum absolute atomic E-state index is 6.98. The van der Waals surface area contributed by atoms with Gasteiger partial charge >= 0.3 is 0 Å². The number of para-hydroxylation sites is 4. The highest BCUT2D eigenvalue weighted by Gasteiger charge is 2.28. The molecule has 8 aromatic heterocycles. The Hall–Kier alpha value is -14.2. The lowest BCUT2D eigenvalue weighted by Gasteiger charge is -2.10. The first-order valence-electron chi connectivity index (χ1n) is 34.9. The van der Waals surface area contributed by atoms with Crippen LogP contribution in [0.15, 0.2) is 345 Å². The molecule has 0 bridgehead atoms. The molecule has 0 spiro atoms. The van der Waals surface area contributed by atoms with E-state index in [0.717, 1.165) is 176 Å². The molecule has 23 rings (SSSR count). The van der Waals surface area contributed by atoms with Crippen molar-refractivity contribution in [2.24, 2.45) is 0 Å². The van der Waals surface area contributed by atoms with Crippen molar-refractivity contribution in [1.82, 2.24) is 29.1 Å². The van der Waals surface area contributed by atoms with E-state index in [0.29, 0.717) is 23.1 Å². The van der Waals surface area contributed by atoms with Crippen LogP contribution >= 0.6 is 0 Å². The van der Waals surface area contributed by atoms with Crippen molar-refractivity contribution in [2.45, 2.75) is 0 Å². The smallest absolute Gasteiger partial charge is 0.236 e. The number of benzene rings is 15. The van der Waals surface area contributed by atoms with Gasteiger partial charge in [0.25, 0.3) is 0 Å². The summed E-state index contributed by atoms with van der Waals surface area (Å²) >= 11 is 0. The summed E-state index contributed by atoms with van der Waals surface area (Å²) in [5, 5.41) is 15.3. The van der Waals surface area contributed by atoms with E-state index in [-0.39, 0.29) is 0 Å². The van der Waals surface area contributed by atoms with Gasteiger partial charge in [-0.25, -0.2) is 19.9 Å². The Balaban J connectivity index is 0.000000132. The van der Waals surface area contributed by atoms with Crippen molar-refractivity contribution in [3.63, 3.8) is 0 Å². The summed E-state index contributed by atoms with van der Waals surface area (Å²) in [6.45, 7) is 0. The van der Waals surface area contributed by atoms with E-state index in [2.05, 4.69) is 276 Å². The zero-order valence-corrected chi connectivity index (χ0v) is 55.5. The Morgan fingerprint density at radius 1 is 0.202 bits per heavy atom. The summed E-state index contributed by atoms with van der Waals surface area (Å²) in [6.07, 6.45) is 0. The lowest BCUT2D eigenvalue weighted by molar-refractivity contribution is 0.666. The van der Waals surface area contributed by atoms with E-state index in [1.807, 2.05) is 60.7 Å². The van der Waals surface area contributed by atoms with Gasteiger partial charge in [0.05, 0.1) is 32.8 Å². The molecule has 0 atom stereocenters. The van der Waals surface area contributed by atoms with Crippen molar-refractivity contribution >= 4 is 153 Å². The fourth-order valence-electron chi connectivity index (χ4n) is 16.2. The van der Waals surface area contributed by atoms with Gasteiger partial charge in [-0.15, -0.1) is 0 Å². The van der Waals surface area contributed by atoms with E-state index in [1.54, 1.807) is 0 Å². The molecular weight excluding hydrogens is 1280 g/mol. The Morgan fingerprint density at radius 3 is 0.971 bits per heavy atom. The number of rotatable bonds is 7. The summed E-state index contributed by atoms with van der Waals surface area (Å²) in [5.74, 6) is 1.15. The van der Waals surface area contributed by atoms with Crippen LogP contribution in [0.2, 0.25) is 0 Å². The van der Waals surface area contributed by atoms with Gasteiger partial charge in [0.2, 0.25) is 11.9 Å². The molecule has 10 nitrogen and oxygen atoms in total. The van der Waals surface area contributed by atoms with Crippen LogP contribution in [-0.4, -0.2) is 29.1 Å². The van der Waals surface area contributed by atoms with E-state index >= 15 is 0 Å². The minimum atomic E-state index is 0.569. The topological polar surface area (TPSA) is 114 Å². The third kappa shape index (κ3) is 8.69. The molecule has 15 aromatic carbocycles. The zero-order chi connectivity index (χ0) is 68.1. The summed E-state index contributed by atoms with van der Waals surface area (Å²) in [5.41, 5.74) is 22.2. The minimum Gasteiger partial charge on any atom is -0.455 e. The number of nitrogens with zero attached hydrogens (tertiary/aromatic N) is 6. The highest BCUT2D eigenvalue weighted by Crippen LogP contribution is 2.48. The van der Waals surface area contributed by atoms with E-state index < -0.39 is 0 Å². The number of hydrogen-bond acceptors (Lipinski definition) is 8. The van der Waals surface area contributed by atoms with Crippen molar-refractivity contribution < 1.29 is 17.7 Å². The SMILES string of the molecule is c1ccc(-c2cc3oc4c(ccc5c4c4ccccc4n5-c4nc(-c5ccccc5)c5oc6ccccc6c5n4)c3c3ccccc23)cc1.c1ccc(-c2ccc(-c3nc(-n4c5ccccc5c5c6oc7cc(-c8ccccc8)c8ccccc8c7c6ccc54)nc4c3oc3ccccc34)cc2)cc1. The second-order valence-electron chi connectivity index (χ2n) is 26.6. The molecule has 0 aliphatic carbocycles. The van der Waals surface area contributed by atoms with E-state index in [1.165, 1.54) is 21.5 Å². The Kier molecular flexibility index (Phi) is 12.6. The third-order valence-corrected chi connectivity index (χ3v) is 20.9. The Morgan fingerprint density at radius 2 is 0.529 bits per heavy atom. The number of aromatic nitrogens is 6. The molecule has 0 unspecified atom stereocenters. The average molecular weight is 1330 g/mol. The second kappa shape index (κ2) is 22.7. The highest BCUT2D eigenvalue weighted by atomic mass is 16.3. The first-order chi connectivity index (χ1) is 51.6. The monoisotopic (exact) mass is 1330 g/mol. The lowest BCUT2D eigenvalue weighted by Crippen LogP contribution is -2.02. The summed E-state index contributed by atoms with van der Waals surface area (Å²) < 4.78 is 31.2. The Bertz CT molecular complexity index is 7460. The zero-order valence-electron chi connectivity index (χ0n) is 55.5. The Labute approximate surface area is 591 Å². The molecule has 0 amide bonds. The van der Waals surface area contributed by atoms with Crippen LogP contribution in [0.3, 0.4) is 0 Å². The van der Waals surface area contributed by atoms with Crippen LogP contribution in [0, 0.1) is 0 Å². The summed E-state index contributed by atoms with van der Waals surface area (Å²) in [7, 11) is 0. The average Bonchev–Trinajstić information content (AvgIpc) is 1.56. The van der Waals surface area contributed by atoms with Gasteiger partial charge in [0.15, 0.2) is 11.2 Å². The molecule has 0 aliphatic heterocycles. The van der Waals surface area contributed by atoms with Crippen molar-refractivity contribution in [3.8, 4) is 67.8 Å². The molecule has 10 heteroatoms. The number of fused-ring (bicyclic) bond motifs is 24. The molecule has 0 radical (unpaired) electrons. The van der Waals surface area contributed by atoms with E-state index in [9.17, 15) is 0 Å². The molecule has 0 saturated heterocycles. The van der Waals surface area contributed by atoms with Crippen molar-refractivity contribution in [2.75, 3.05) is 0 Å². The van der Waals surface area contributed by atoms with Gasteiger partial charge in [0.1, 0.15) is 55.9 Å². The predicted molar refractivity (Wildman–Crippen MR) is 424 cm³/mol. The van der Waals surface area contributed by atoms with Crippen LogP contribution in [0.1, 0.15) is 0 Å². The first kappa shape index (κ1) is 57.7. The van der Waals surface area contributed by atoms with Crippen molar-refractivity contribution in [3.05, 3.63) is 328 Å². The van der Waals surface area contributed by atoms with Gasteiger partial charge in [-0.3, -0.25) is 9.13 Å². The summed E-state index contributed by atoms with van der Waals surface area (Å²) in [6, 6.07) is 114. The van der Waals surface area contributed by atoms with Gasteiger partial charge < -0.3 is 17.7 Å². The molecule has 0 fully saturated rings. The molecule has 23 aromatic rings. The van der Waals surface area contributed by atoms with Crippen LogP contribution in [-0.2, 0) is 0 Å². The molecule has 484 valence electrons. The molecule has 8 heterocycles. The number of furan rings is 4. The predicted octanol–water partition coefficient (Wildman–Crippen LogP) is 25.4. The van der Waals surface area contributed by atoms with Crippen LogP contribution in [0.5, 0.6) is 0 Å². The second-order valence-corrected chi connectivity index (χ2v) is 26.6.